The van der Waals surface area contributed by atoms with Crippen LogP contribution in [-0.2, 0) is 16.0 Å². The van der Waals surface area contributed by atoms with Crippen LogP contribution in [0.5, 0.6) is 0 Å². The molecule has 1 heterocycles. The van der Waals surface area contributed by atoms with Crippen molar-refractivity contribution in [3.63, 3.8) is 0 Å². The van der Waals surface area contributed by atoms with Gasteiger partial charge in [0.2, 0.25) is 5.91 Å². The van der Waals surface area contributed by atoms with Crippen LogP contribution in [0.25, 0.3) is 11.1 Å². The minimum absolute atomic E-state index is 0. The number of anilines is 1. The Morgan fingerprint density at radius 2 is 2.29 bits per heavy atom. The summed E-state index contributed by atoms with van der Waals surface area (Å²) in [5, 5.41) is 2.80. The fourth-order valence-corrected chi connectivity index (χ4v) is 1.89. The Bertz CT molecular complexity index is 596. The summed E-state index contributed by atoms with van der Waals surface area (Å²) in [4.78, 5) is 16.2. The number of carbonyl (C=O) groups is 1. The van der Waals surface area contributed by atoms with E-state index in [1.807, 2.05) is 6.92 Å². The first kappa shape index (κ1) is 17.4. The summed E-state index contributed by atoms with van der Waals surface area (Å²) in [6.45, 7) is 2.29. The van der Waals surface area contributed by atoms with Crippen molar-refractivity contribution in [2.24, 2.45) is 5.73 Å². The SMILES string of the molecule is CCc1nc2cc(NC(=O)CC(CN)OC)ccc2o1.Cl. The molecule has 3 N–H and O–H groups in total. The van der Waals surface area contributed by atoms with E-state index in [4.69, 9.17) is 14.9 Å². The first-order valence-electron chi connectivity index (χ1n) is 6.58. The van der Waals surface area contributed by atoms with Gasteiger partial charge < -0.3 is 20.2 Å². The van der Waals surface area contributed by atoms with Crippen molar-refractivity contribution in [3.05, 3.63) is 24.1 Å². The molecule has 116 valence electrons. The Morgan fingerprint density at radius 3 is 2.90 bits per heavy atom. The van der Waals surface area contributed by atoms with Crippen LogP contribution in [0, 0.1) is 0 Å². The number of halogens is 1. The van der Waals surface area contributed by atoms with E-state index in [-0.39, 0.29) is 30.8 Å². The topological polar surface area (TPSA) is 90.4 Å². The zero-order chi connectivity index (χ0) is 14.5. The first-order chi connectivity index (χ1) is 9.66. The van der Waals surface area contributed by atoms with Gasteiger partial charge in [-0.2, -0.15) is 0 Å². The number of hydrogen-bond donors (Lipinski definition) is 2. The number of carbonyl (C=O) groups excluding carboxylic acids is 1. The van der Waals surface area contributed by atoms with E-state index in [0.717, 1.165) is 17.5 Å². The average molecular weight is 314 g/mol. The van der Waals surface area contributed by atoms with Crippen molar-refractivity contribution in [3.8, 4) is 0 Å². The highest BCUT2D eigenvalue weighted by Gasteiger charge is 2.12. The summed E-state index contributed by atoms with van der Waals surface area (Å²) >= 11 is 0. The van der Waals surface area contributed by atoms with Crippen molar-refractivity contribution in [1.82, 2.24) is 4.98 Å². The smallest absolute Gasteiger partial charge is 0.227 e. The molecule has 1 unspecified atom stereocenters. The third kappa shape index (κ3) is 4.42. The summed E-state index contributed by atoms with van der Waals surface area (Å²) in [7, 11) is 1.54. The van der Waals surface area contributed by atoms with Gasteiger partial charge in [0, 0.05) is 25.8 Å². The van der Waals surface area contributed by atoms with Crippen LogP contribution >= 0.6 is 12.4 Å². The second-order valence-corrected chi connectivity index (χ2v) is 4.49. The zero-order valence-corrected chi connectivity index (χ0v) is 12.9. The standard InChI is InChI=1S/C14H19N3O3.ClH/c1-3-14-17-11-6-9(4-5-12(11)20-14)16-13(18)7-10(8-15)19-2;/h4-6,10H,3,7-8,15H2,1-2H3,(H,16,18);1H. The van der Waals surface area contributed by atoms with Crippen LogP contribution in [0.1, 0.15) is 19.2 Å². The number of ether oxygens (including phenoxy) is 1. The number of aryl methyl sites for hydroxylation is 1. The van der Waals surface area contributed by atoms with Gasteiger partial charge in [-0.15, -0.1) is 12.4 Å². The van der Waals surface area contributed by atoms with Crippen molar-refractivity contribution in [2.75, 3.05) is 19.0 Å². The van der Waals surface area contributed by atoms with E-state index in [9.17, 15) is 4.79 Å². The van der Waals surface area contributed by atoms with Crippen LogP contribution in [0.15, 0.2) is 22.6 Å². The van der Waals surface area contributed by atoms with Gasteiger partial charge in [-0.05, 0) is 18.2 Å². The van der Waals surface area contributed by atoms with Gasteiger partial charge in [0.05, 0.1) is 12.5 Å². The number of nitrogens with one attached hydrogen (secondary N) is 1. The Morgan fingerprint density at radius 1 is 1.52 bits per heavy atom. The number of fused-ring (bicyclic) bond motifs is 1. The van der Waals surface area contributed by atoms with Gasteiger partial charge in [-0.25, -0.2) is 4.98 Å². The van der Waals surface area contributed by atoms with Crippen LogP contribution in [-0.4, -0.2) is 30.6 Å². The normalized spacial score (nSPS) is 12.0. The Kier molecular flexibility index (Phi) is 6.61. The summed E-state index contributed by atoms with van der Waals surface area (Å²) < 4.78 is 10.6. The molecular formula is C14H20ClN3O3. The van der Waals surface area contributed by atoms with Crippen molar-refractivity contribution in [2.45, 2.75) is 25.9 Å². The number of rotatable bonds is 6. The number of methoxy groups -OCH3 is 1. The second kappa shape index (κ2) is 7.97. The molecule has 21 heavy (non-hydrogen) atoms. The molecule has 0 aliphatic rings. The van der Waals surface area contributed by atoms with Gasteiger partial charge in [0.1, 0.15) is 5.52 Å². The lowest BCUT2D eigenvalue weighted by Gasteiger charge is -2.12. The van der Waals surface area contributed by atoms with Gasteiger partial charge in [-0.3, -0.25) is 4.79 Å². The predicted molar refractivity (Wildman–Crippen MR) is 83.7 cm³/mol. The number of benzene rings is 1. The highest BCUT2D eigenvalue weighted by atomic mass is 35.5. The number of nitrogens with two attached hydrogens (primary N) is 1. The Labute approximate surface area is 129 Å². The van der Waals surface area contributed by atoms with Crippen LogP contribution < -0.4 is 11.1 Å². The molecule has 0 spiro atoms. The Hall–Kier alpha value is -1.63. The minimum Gasteiger partial charge on any atom is -0.441 e. The van der Waals surface area contributed by atoms with Crippen molar-refractivity contribution < 1.29 is 13.9 Å². The molecule has 1 aromatic carbocycles. The predicted octanol–water partition coefficient (Wildman–Crippen LogP) is 2.11. The molecule has 0 aliphatic heterocycles. The molecule has 7 heteroatoms. The number of aromatic nitrogens is 1. The van der Waals surface area contributed by atoms with E-state index < -0.39 is 0 Å². The fraction of sp³-hybridized carbons (Fsp3) is 0.429. The van der Waals surface area contributed by atoms with E-state index in [2.05, 4.69) is 10.3 Å². The number of nitrogens with zero attached hydrogens (tertiary/aromatic N) is 1. The monoisotopic (exact) mass is 313 g/mol. The van der Waals surface area contributed by atoms with Gasteiger partial charge in [0.15, 0.2) is 11.5 Å². The minimum atomic E-state index is -0.266. The first-order valence-corrected chi connectivity index (χ1v) is 6.58. The molecule has 0 saturated heterocycles. The summed E-state index contributed by atoms with van der Waals surface area (Å²) in [5.74, 6) is 0.548. The summed E-state index contributed by atoms with van der Waals surface area (Å²) in [5.41, 5.74) is 7.63. The summed E-state index contributed by atoms with van der Waals surface area (Å²) in [6, 6.07) is 5.38. The molecule has 0 aliphatic carbocycles. The molecule has 2 rings (SSSR count). The molecule has 1 amide bonds. The summed E-state index contributed by atoms with van der Waals surface area (Å²) in [6.07, 6.45) is 0.699. The lowest BCUT2D eigenvalue weighted by Crippen LogP contribution is -2.28. The molecule has 1 atom stereocenters. The van der Waals surface area contributed by atoms with E-state index in [0.29, 0.717) is 18.1 Å². The molecular weight excluding hydrogens is 294 g/mol. The van der Waals surface area contributed by atoms with E-state index in [1.54, 1.807) is 25.3 Å². The number of amides is 1. The quantitative estimate of drug-likeness (QED) is 0.852. The van der Waals surface area contributed by atoms with Crippen LogP contribution in [0.2, 0.25) is 0 Å². The largest absolute Gasteiger partial charge is 0.441 e. The molecule has 0 radical (unpaired) electrons. The molecule has 1 aromatic heterocycles. The Balaban J connectivity index is 0.00000220. The molecule has 0 bridgehead atoms. The van der Waals surface area contributed by atoms with Crippen molar-refractivity contribution in [1.29, 1.82) is 0 Å². The third-order valence-electron chi connectivity index (χ3n) is 3.03. The maximum Gasteiger partial charge on any atom is 0.227 e. The lowest BCUT2D eigenvalue weighted by atomic mass is 10.2. The maximum absolute atomic E-state index is 11.8. The molecule has 2 aromatic rings. The van der Waals surface area contributed by atoms with Crippen LogP contribution in [0.3, 0.4) is 0 Å². The maximum atomic E-state index is 11.8. The van der Waals surface area contributed by atoms with Gasteiger partial charge in [0.25, 0.3) is 0 Å². The lowest BCUT2D eigenvalue weighted by molar-refractivity contribution is -0.118. The molecule has 0 fully saturated rings. The number of oxazole rings is 1. The van der Waals surface area contributed by atoms with Crippen molar-refractivity contribution >= 4 is 35.1 Å². The fourth-order valence-electron chi connectivity index (χ4n) is 1.89. The van der Waals surface area contributed by atoms with E-state index >= 15 is 0 Å². The zero-order valence-electron chi connectivity index (χ0n) is 12.1. The second-order valence-electron chi connectivity index (χ2n) is 4.49. The number of hydrogen-bond acceptors (Lipinski definition) is 5. The average Bonchev–Trinajstić information content (AvgIpc) is 2.87. The van der Waals surface area contributed by atoms with Gasteiger partial charge >= 0.3 is 0 Å². The third-order valence-corrected chi connectivity index (χ3v) is 3.03. The molecule has 0 saturated carbocycles. The highest BCUT2D eigenvalue weighted by Crippen LogP contribution is 2.20. The van der Waals surface area contributed by atoms with E-state index in [1.165, 1.54) is 0 Å². The molecule has 6 nitrogen and oxygen atoms in total. The highest BCUT2D eigenvalue weighted by molar-refractivity contribution is 5.93. The van der Waals surface area contributed by atoms with Gasteiger partial charge in [-0.1, -0.05) is 6.92 Å². The van der Waals surface area contributed by atoms with Crippen LogP contribution in [0.4, 0.5) is 5.69 Å².